The van der Waals surface area contributed by atoms with Crippen LogP contribution in [0.15, 0.2) is 12.3 Å². The topological polar surface area (TPSA) is 65.2 Å². The van der Waals surface area contributed by atoms with Crippen LogP contribution in [0.2, 0.25) is 0 Å². The maximum Gasteiger partial charge on any atom is 0.419 e. The fraction of sp³-hybridized carbons (Fsp3) is 0.333. The fourth-order valence-electron chi connectivity index (χ4n) is 1.07. The summed E-state index contributed by atoms with van der Waals surface area (Å²) in [5, 5.41) is 0. The highest BCUT2D eigenvalue weighted by atomic mass is 19.4. The average Bonchev–Trinajstić information content (AvgIpc) is 2.15. The van der Waals surface area contributed by atoms with Crippen molar-refractivity contribution >= 4 is 11.7 Å². The van der Waals surface area contributed by atoms with Gasteiger partial charge in [-0.25, -0.2) is 0 Å². The van der Waals surface area contributed by atoms with Crippen LogP contribution in [-0.4, -0.2) is 18.1 Å². The molecule has 88 valence electrons. The highest BCUT2D eigenvalue weighted by Crippen LogP contribution is 2.32. The number of carbonyl (C=O) groups excluding carboxylic acids is 1. The molecule has 7 heteroatoms. The lowest BCUT2D eigenvalue weighted by molar-refractivity contribution is -0.139. The van der Waals surface area contributed by atoms with Gasteiger partial charge in [0.25, 0.3) is 0 Å². The Balaban J connectivity index is 2.96. The molecule has 0 atom stereocenters. The summed E-state index contributed by atoms with van der Waals surface area (Å²) < 4.78 is 41.2. The van der Waals surface area contributed by atoms with Crippen LogP contribution >= 0.6 is 0 Å². The van der Waals surface area contributed by atoms with E-state index in [1.807, 2.05) is 0 Å². The number of rotatable bonds is 2. The van der Waals surface area contributed by atoms with Crippen LogP contribution in [0.25, 0.3) is 0 Å². The van der Waals surface area contributed by atoms with E-state index < -0.39 is 23.4 Å². The highest BCUT2D eigenvalue weighted by molar-refractivity contribution is 5.72. The standard InChI is InChI=1S/C9H9F3N2O2/c1-16-8(15)3-5-2-7(13)6(4-14-5)9(10,11)12/h2,4H,3H2,1H3,(H2,13,14). The second-order valence-corrected chi connectivity index (χ2v) is 3.01. The third kappa shape index (κ3) is 2.85. The number of pyridine rings is 1. The first-order valence-electron chi connectivity index (χ1n) is 4.23. The van der Waals surface area contributed by atoms with Crippen molar-refractivity contribution < 1.29 is 22.7 Å². The van der Waals surface area contributed by atoms with Crippen molar-refractivity contribution in [2.75, 3.05) is 12.8 Å². The smallest absolute Gasteiger partial charge is 0.419 e. The van der Waals surface area contributed by atoms with Gasteiger partial charge in [-0.1, -0.05) is 0 Å². The van der Waals surface area contributed by atoms with Crippen LogP contribution in [0.4, 0.5) is 18.9 Å². The molecule has 4 nitrogen and oxygen atoms in total. The lowest BCUT2D eigenvalue weighted by atomic mass is 10.2. The highest BCUT2D eigenvalue weighted by Gasteiger charge is 2.33. The number of aromatic nitrogens is 1. The molecule has 0 spiro atoms. The zero-order valence-corrected chi connectivity index (χ0v) is 8.34. The van der Waals surface area contributed by atoms with Gasteiger partial charge in [-0.3, -0.25) is 9.78 Å². The number of halogens is 3. The Bertz CT molecular complexity index is 404. The van der Waals surface area contributed by atoms with E-state index in [9.17, 15) is 18.0 Å². The zero-order valence-electron chi connectivity index (χ0n) is 8.34. The first-order valence-corrected chi connectivity index (χ1v) is 4.23. The molecule has 0 amide bonds. The molecular formula is C9H9F3N2O2. The van der Waals surface area contributed by atoms with Crippen LogP contribution in [-0.2, 0) is 22.1 Å². The van der Waals surface area contributed by atoms with E-state index in [0.29, 0.717) is 6.20 Å². The largest absolute Gasteiger partial charge is 0.469 e. The van der Waals surface area contributed by atoms with Crippen molar-refractivity contribution in [3.63, 3.8) is 0 Å². The SMILES string of the molecule is COC(=O)Cc1cc(N)c(C(F)(F)F)cn1. The second kappa shape index (κ2) is 4.38. The summed E-state index contributed by atoms with van der Waals surface area (Å²) in [5.74, 6) is -0.591. The van der Waals surface area contributed by atoms with Gasteiger partial charge in [0.2, 0.25) is 0 Å². The summed E-state index contributed by atoms with van der Waals surface area (Å²) in [6, 6.07) is 1.01. The molecule has 1 rings (SSSR count). The molecule has 0 fully saturated rings. The van der Waals surface area contributed by atoms with Crippen LogP contribution in [0.1, 0.15) is 11.3 Å². The molecule has 0 saturated heterocycles. The summed E-state index contributed by atoms with van der Waals surface area (Å²) in [4.78, 5) is 14.3. The maximum absolute atomic E-state index is 12.3. The van der Waals surface area contributed by atoms with E-state index in [2.05, 4.69) is 9.72 Å². The van der Waals surface area contributed by atoms with Crippen LogP contribution in [0.5, 0.6) is 0 Å². The van der Waals surface area contributed by atoms with Crippen molar-refractivity contribution in [2.24, 2.45) is 0 Å². The van der Waals surface area contributed by atoms with Gasteiger partial charge in [0, 0.05) is 11.9 Å². The number of nitrogens with two attached hydrogens (primary N) is 1. The molecule has 1 aromatic rings. The van der Waals surface area contributed by atoms with Crippen molar-refractivity contribution in [2.45, 2.75) is 12.6 Å². The lowest BCUT2D eigenvalue weighted by Gasteiger charge is -2.10. The van der Waals surface area contributed by atoms with Crippen LogP contribution in [0.3, 0.4) is 0 Å². The van der Waals surface area contributed by atoms with Gasteiger partial charge in [-0.05, 0) is 6.07 Å². The van der Waals surface area contributed by atoms with Gasteiger partial charge in [-0.2, -0.15) is 13.2 Å². The van der Waals surface area contributed by atoms with Crippen molar-refractivity contribution in [1.82, 2.24) is 4.98 Å². The Morgan fingerprint density at radius 2 is 2.19 bits per heavy atom. The Morgan fingerprint density at radius 3 is 2.62 bits per heavy atom. The first kappa shape index (κ1) is 12.3. The first-order chi connectivity index (χ1) is 7.34. The molecule has 16 heavy (non-hydrogen) atoms. The lowest BCUT2D eigenvalue weighted by Crippen LogP contribution is -2.12. The number of alkyl halides is 3. The Hall–Kier alpha value is -1.79. The predicted molar refractivity (Wildman–Crippen MR) is 49.4 cm³/mol. The van der Waals surface area contributed by atoms with Gasteiger partial charge in [0.15, 0.2) is 0 Å². The third-order valence-corrected chi connectivity index (χ3v) is 1.85. The minimum Gasteiger partial charge on any atom is -0.469 e. The molecule has 0 aliphatic carbocycles. The average molecular weight is 234 g/mol. The molecule has 2 N–H and O–H groups in total. The van der Waals surface area contributed by atoms with Crippen LogP contribution in [0, 0.1) is 0 Å². The normalized spacial score (nSPS) is 11.2. The number of carbonyl (C=O) groups is 1. The molecule has 0 radical (unpaired) electrons. The zero-order chi connectivity index (χ0) is 12.3. The third-order valence-electron chi connectivity index (χ3n) is 1.85. The van der Waals surface area contributed by atoms with Gasteiger partial charge in [-0.15, -0.1) is 0 Å². The predicted octanol–water partition coefficient (Wildman–Crippen LogP) is 1.40. The van der Waals surface area contributed by atoms with Gasteiger partial charge in [0.1, 0.15) is 0 Å². The van der Waals surface area contributed by atoms with E-state index in [0.717, 1.165) is 6.07 Å². The number of hydrogen-bond acceptors (Lipinski definition) is 4. The van der Waals surface area contributed by atoms with Gasteiger partial charge >= 0.3 is 12.1 Å². The maximum atomic E-state index is 12.3. The minimum absolute atomic E-state index is 0.136. The molecule has 1 heterocycles. The second-order valence-electron chi connectivity index (χ2n) is 3.01. The van der Waals surface area contributed by atoms with E-state index in [1.165, 1.54) is 7.11 Å². The van der Waals surface area contributed by atoms with E-state index in [4.69, 9.17) is 5.73 Å². The van der Waals surface area contributed by atoms with E-state index in [-0.39, 0.29) is 12.1 Å². The number of nitrogens with zero attached hydrogens (tertiary/aromatic N) is 1. The van der Waals surface area contributed by atoms with E-state index >= 15 is 0 Å². The fourth-order valence-corrected chi connectivity index (χ4v) is 1.07. The number of ether oxygens (including phenoxy) is 1. The molecule has 0 aliphatic rings. The quantitative estimate of drug-likeness (QED) is 0.785. The summed E-state index contributed by atoms with van der Waals surface area (Å²) in [6.45, 7) is 0. The molecule has 0 bridgehead atoms. The van der Waals surface area contributed by atoms with Crippen LogP contribution < -0.4 is 5.73 Å². The van der Waals surface area contributed by atoms with Crippen molar-refractivity contribution in [1.29, 1.82) is 0 Å². The summed E-state index contributed by atoms with van der Waals surface area (Å²) in [7, 11) is 1.18. The molecular weight excluding hydrogens is 225 g/mol. The van der Waals surface area contributed by atoms with Gasteiger partial charge in [0.05, 0.1) is 24.8 Å². The minimum atomic E-state index is -4.54. The van der Waals surface area contributed by atoms with Crippen molar-refractivity contribution in [3.8, 4) is 0 Å². The summed E-state index contributed by atoms with van der Waals surface area (Å²) in [6.07, 6.45) is -4.15. The Kier molecular flexibility index (Phi) is 3.36. The number of nitrogen functional groups attached to an aromatic ring is 1. The molecule has 0 unspecified atom stereocenters. The number of hydrogen-bond donors (Lipinski definition) is 1. The monoisotopic (exact) mass is 234 g/mol. The van der Waals surface area contributed by atoms with Crippen molar-refractivity contribution in [3.05, 3.63) is 23.5 Å². The molecule has 1 aromatic heterocycles. The Morgan fingerprint density at radius 1 is 1.56 bits per heavy atom. The molecule has 0 saturated carbocycles. The summed E-state index contributed by atoms with van der Waals surface area (Å²) in [5.41, 5.74) is 3.88. The molecule has 0 aromatic carbocycles. The Labute approximate surface area is 89.2 Å². The number of methoxy groups -OCH3 is 1. The van der Waals surface area contributed by atoms with Gasteiger partial charge < -0.3 is 10.5 Å². The number of esters is 1. The molecule has 0 aliphatic heterocycles. The van der Waals surface area contributed by atoms with E-state index in [1.54, 1.807) is 0 Å². The summed E-state index contributed by atoms with van der Waals surface area (Å²) >= 11 is 0. The number of anilines is 1.